The van der Waals surface area contributed by atoms with E-state index in [0.717, 1.165) is 28.8 Å². The average molecular weight is 330 g/mol. The number of nitrogens with one attached hydrogen (secondary N) is 1. The maximum absolute atomic E-state index is 11.9. The number of Topliss-reactive ketones (excluding diaryl/α,β-unsaturated/α-hetero) is 1. The Labute approximate surface area is 148 Å². The van der Waals surface area contributed by atoms with Crippen LogP contribution in [0.1, 0.15) is 35.7 Å². The molecule has 0 bridgehead atoms. The zero-order valence-corrected chi connectivity index (χ0v) is 14.4. The maximum Gasteiger partial charge on any atom is 0.162 e. The van der Waals surface area contributed by atoms with E-state index in [2.05, 4.69) is 22.4 Å². The van der Waals surface area contributed by atoms with Crippen LogP contribution < -0.4 is 5.32 Å². The molecule has 0 spiro atoms. The molecule has 0 fully saturated rings. The van der Waals surface area contributed by atoms with Gasteiger partial charge in [0.05, 0.1) is 0 Å². The summed E-state index contributed by atoms with van der Waals surface area (Å²) in [5, 5.41) is 3.43. The van der Waals surface area contributed by atoms with Gasteiger partial charge in [0.2, 0.25) is 0 Å². The zero-order chi connectivity index (χ0) is 17.5. The normalized spacial score (nSPS) is 10.4. The first-order valence-corrected chi connectivity index (χ1v) is 8.63. The number of carbonyl (C=O) groups is 1. The lowest BCUT2D eigenvalue weighted by molar-refractivity contribution is 0.0982. The van der Waals surface area contributed by atoms with Crippen molar-refractivity contribution in [3.8, 4) is 11.1 Å². The van der Waals surface area contributed by atoms with E-state index in [1.807, 2.05) is 67.8 Å². The number of pyridine rings is 1. The van der Waals surface area contributed by atoms with E-state index in [0.29, 0.717) is 13.0 Å². The molecule has 126 valence electrons. The summed E-state index contributed by atoms with van der Waals surface area (Å²) in [4.78, 5) is 16.2. The molecular weight excluding hydrogens is 308 g/mol. The second-order valence-electron chi connectivity index (χ2n) is 6.00. The summed E-state index contributed by atoms with van der Waals surface area (Å²) < 4.78 is 0. The number of anilines is 1. The van der Waals surface area contributed by atoms with E-state index in [4.69, 9.17) is 0 Å². The second kappa shape index (κ2) is 8.25. The highest BCUT2D eigenvalue weighted by atomic mass is 16.1. The van der Waals surface area contributed by atoms with E-state index < -0.39 is 0 Å². The van der Waals surface area contributed by atoms with Crippen LogP contribution in [-0.4, -0.2) is 10.8 Å². The summed E-state index contributed by atoms with van der Waals surface area (Å²) in [5.74, 6) is 0.203. The summed E-state index contributed by atoms with van der Waals surface area (Å²) in [6, 6.07) is 20.0. The standard InChI is InChI=1S/C22H22N2O/c1-2-6-22(25)18-9-11-20(12-10-18)24-15-19-13-14-23-16-21(19)17-7-4-3-5-8-17/h3-5,7-14,16,24H,2,6,15H2,1H3. The third-order valence-electron chi connectivity index (χ3n) is 4.16. The lowest BCUT2D eigenvalue weighted by atomic mass is 10.0. The lowest BCUT2D eigenvalue weighted by Gasteiger charge is -2.11. The first kappa shape index (κ1) is 16.9. The molecule has 0 unspecified atom stereocenters. The first-order valence-electron chi connectivity index (χ1n) is 8.63. The van der Waals surface area contributed by atoms with Gasteiger partial charge in [-0.1, -0.05) is 37.3 Å². The number of hydrogen-bond donors (Lipinski definition) is 1. The van der Waals surface area contributed by atoms with Gasteiger partial charge in [-0.3, -0.25) is 9.78 Å². The predicted octanol–water partition coefficient (Wildman–Crippen LogP) is 5.34. The quantitative estimate of drug-likeness (QED) is 0.594. The summed E-state index contributed by atoms with van der Waals surface area (Å²) in [6.07, 6.45) is 5.20. The van der Waals surface area contributed by atoms with Crippen LogP contribution in [0.15, 0.2) is 73.1 Å². The third kappa shape index (κ3) is 4.32. The minimum Gasteiger partial charge on any atom is -0.381 e. The van der Waals surface area contributed by atoms with Crippen molar-refractivity contribution in [1.82, 2.24) is 4.98 Å². The molecule has 1 aromatic heterocycles. The zero-order valence-electron chi connectivity index (χ0n) is 14.4. The topological polar surface area (TPSA) is 42.0 Å². The Balaban J connectivity index is 1.71. The molecule has 3 rings (SSSR count). The fourth-order valence-corrected chi connectivity index (χ4v) is 2.80. The Morgan fingerprint density at radius 3 is 2.48 bits per heavy atom. The van der Waals surface area contributed by atoms with Gasteiger partial charge < -0.3 is 5.32 Å². The maximum atomic E-state index is 11.9. The van der Waals surface area contributed by atoms with E-state index >= 15 is 0 Å². The van der Waals surface area contributed by atoms with Gasteiger partial charge in [0, 0.05) is 42.2 Å². The predicted molar refractivity (Wildman–Crippen MR) is 103 cm³/mol. The van der Waals surface area contributed by atoms with Crippen molar-refractivity contribution < 1.29 is 4.79 Å². The van der Waals surface area contributed by atoms with Crippen LogP contribution >= 0.6 is 0 Å². The number of carbonyl (C=O) groups excluding carboxylic acids is 1. The van der Waals surface area contributed by atoms with E-state index in [1.165, 1.54) is 5.56 Å². The highest BCUT2D eigenvalue weighted by molar-refractivity contribution is 5.96. The summed E-state index contributed by atoms with van der Waals surface area (Å²) in [5.41, 5.74) is 5.26. The molecule has 0 radical (unpaired) electrons. The van der Waals surface area contributed by atoms with Crippen LogP contribution in [0.4, 0.5) is 5.69 Å². The number of hydrogen-bond acceptors (Lipinski definition) is 3. The molecule has 0 aliphatic carbocycles. The van der Waals surface area contributed by atoms with Crippen LogP contribution in [0.2, 0.25) is 0 Å². The Morgan fingerprint density at radius 2 is 1.76 bits per heavy atom. The fourth-order valence-electron chi connectivity index (χ4n) is 2.80. The van der Waals surface area contributed by atoms with Gasteiger partial charge in [-0.25, -0.2) is 0 Å². The molecular formula is C22H22N2O. The van der Waals surface area contributed by atoms with Gasteiger partial charge in [0.1, 0.15) is 0 Å². The smallest absolute Gasteiger partial charge is 0.162 e. The van der Waals surface area contributed by atoms with Crippen LogP contribution in [0, 0.1) is 0 Å². The minimum absolute atomic E-state index is 0.203. The molecule has 3 nitrogen and oxygen atoms in total. The molecule has 25 heavy (non-hydrogen) atoms. The Bertz CT molecular complexity index is 826. The largest absolute Gasteiger partial charge is 0.381 e. The number of benzene rings is 2. The summed E-state index contributed by atoms with van der Waals surface area (Å²) >= 11 is 0. The average Bonchev–Trinajstić information content (AvgIpc) is 2.68. The Hall–Kier alpha value is -2.94. The number of aromatic nitrogens is 1. The SMILES string of the molecule is CCCC(=O)c1ccc(NCc2ccncc2-c2ccccc2)cc1. The van der Waals surface area contributed by atoms with Crippen molar-refractivity contribution >= 4 is 11.5 Å². The molecule has 0 aliphatic rings. The number of nitrogens with zero attached hydrogens (tertiary/aromatic N) is 1. The number of ketones is 1. The van der Waals surface area contributed by atoms with Crippen molar-refractivity contribution in [2.75, 3.05) is 5.32 Å². The Morgan fingerprint density at radius 1 is 1.00 bits per heavy atom. The van der Waals surface area contributed by atoms with Crippen molar-refractivity contribution in [2.45, 2.75) is 26.3 Å². The third-order valence-corrected chi connectivity index (χ3v) is 4.16. The lowest BCUT2D eigenvalue weighted by Crippen LogP contribution is -2.03. The summed E-state index contributed by atoms with van der Waals surface area (Å²) in [7, 11) is 0. The molecule has 0 saturated heterocycles. The van der Waals surface area contributed by atoms with Gasteiger partial charge in [-0.15, -0.1) is 0 Å². The first-order chi connectivity index (χ1) is 12.3. The van der Waals surface area contributed by atoms with E-state index in [9.17, 15) is 4.79 Å². The van der Waals surface area contributed by atoms with Gasteiger partial charge in [0.15, 0.2) is 5.78 Å². The fraction of sp³-hybridized carbons (Fsp3) is 0.182. The van der Waals surface area contributed by atoms with Gasteiger partial charge >= 0.3 is 0 Å². The highest BCUT2D eigenvalue weighted by Crippen LogP contribution is 2.23. The van der Waals surface area contributed by atoms with Crippen molar-refractivity contribution in [3.63, 3.8) is 0 Å². The molecule has 0 amide bonds. The van der Waals surface area contributed by atoms with Crippen LogP contribution in [0.5, 0.6) is 0 Å². The molecule has 3 heteroatoms. The summed E-state index contributed by atoms with van der Waals surface area (Å²) in [6.45, 7) is 2.72. The number of rotatable bonds is 7. The Kier molecular flexibility index (Phi) is 5.57. The molecule has 0 aliphatic heterocycles. The van der Waals surface area contributed by atoms with Crippen LogP contribution in [-0.2, 0) is 6.54 Å². The molecule has 1 N–H and O–H groups in total. The molecule has 1 heterocycles. The van der Waals surface area contributed by atoms with Crippen molar-refractivity contribution in [3.05, 3.63) is 84.2 Å². The van der Waals surface area contributed by atoms with Crippen LogP contribution in [0.25, 0.3) is 11.1 Å². The van der Waals surface area contributed by atoms with Gasteiger partial charge in [-0.05, 0) is 47.9 Å². The van der Waals surface area contributed by atoms with Crippen LogP contribution in [0.3, 0.4) is 0 Å². The minimum atomic E-state index is 0.203. The molecule has 0 saturated carbocycles. The monoisotopic (exact) mass is 330 g/mol. The second-order valence-corrected chi connectivity index (χ2v) is 6.00. The highest BCUT2D eigenvalue weighted by Gasteiger charge is 2.06. The molecule has 3 aromatic rings. The van der Waals surface area contributed by atoms with Crippen molar-refractivity contribution in [1.29, 1.82) is 0 Å². The van der Waals surface area contributed by atoms with Gasteiger partial charge in [0.25, 0.3) is 0 Å². The van der Waals surface area contributed by atoms with Crippen molar-refractivity contribution in [2.24, 2.45) is 0 Å². The van der Waals surface area contributed by atoms with E-state index in [1.54, 1.807) is 0 Å². The molecule has 0 atom stereocenters. The van der Waals surface area contributed by atoms with E-state index in [-0.39, 0.29) is 5.78 Å². The van der Waals surface area contributed by atoms with Gasteiger partial charge in [-0.2, -0.15) is 0 Å². The molecule has 2 aromatic carbocycles.